The van der Waals surface area contributed by atoms with Crippen LogP contribution in [-0.2, 0) is 4.79 Å². The van der Waals surface area contributed by atoms with Gasteiger partial charge in [0.05, 0.1) is 0 Å². The third kappa shape index (κ3) is 4.44. The van der Waals surface area contributed by atoms with Gasteiger partial charge < -0.3 is 10.4 Å². The summed E-state index contributed by atoms with van der Waals surface area (Å²) in [6, 6.07) is 15.1. The summed E-state index contributed by atoms with van der Waals surface area (Å²) >= 11 is 0. The molecule has 5 heteroatoms. The van der Waals surface area contributed by atoms with Gasteiger partial charge in [0, 0.05) is 12.3 Å². The van der Waals surface area contributed by atoms with Gasteiger partial charge in [0.15, 0.2) is 0 Å². The minimum absolute atomic E-state index is 0.125. The predicted molar refractivity (Wildman–Crippen MR) is 95.6 cm³/mol. The van der Waals surface area contributed by atoms with Gasteiger partial charge in [0.1, 0.15) is 11.9 Å². The van der Waals surface area contributed by atoms with Gasteiger partial charge in [-0.15, -0.1) is 0 Å². The molecule has 1 unspecified atom stereocenters. The number of carbonyl (C=O) groups is 1. The van der Waals surface area contributed by atoms with E-state index in [2.05, 4.69) is 10.2 Å². The molecule has 0 radical (unpaired) electrons. The summed E-state index contributed by atoms with van der Waals surface area (Å²) in [6.07, 6.45) is 1.76. The van der Waals surface area contributed by atoms with Crippen LogP contribution in [0.3, 0.4) is 0 Å². The molecule has 2 N–H and O–H groups in total. The van der Waals surface area contributed by atoms with Crippen LogP contribution in [0.1, 0.15) is 24.4 Å². The molecule has 1 fully saturated rings. The highest BCUT2D eigenvalue weighted by Gasteiger charge is 2.30. The van der Waals surface area contributed by atoms with Crippen LogP contribution >= 0.6 is 0 Å². The first kappa shape index (κ1) is 17.6. The number of anilines is 1. The van der Waals surface area contributed by atoms with Crippen LogP contribution in [0.4, 0.5) is 10.1 Å². The molecular weight excluding hydrogens is 319 g/mol. The normalized spacial score (nSPS) is 17.2. The number of aliphatic hydroxyl groups excluding tert-OH is 1. The minimum atomic E-state index is -0.397. The topological polar surface area (TPSA) is 52.6 Å². The second-order valence-electron chi connectivity index (χ2n) is 6.47. The fraction of sp³-hybridized carbons (Fsp3) is 0.350. The van der Waals surface area contributed by atoms with Crippen molar-refractivity contribution < 1.29 is 14.3 Å². The van der Waals surface area contributed by atoms with Crippen molar-refractivity contribution >= 4 is 11.6 Å². The highest BCUT2D eigenvalue weighted by atomic mass is 19.1. The number of nitrogens with one attached hydrogen (secondary N) is 1. The van der Waals surface area contributed by atoms with Crippen LogP contribution < -0.4 is 5.32 Å². The van der Waals surface area contributed by atoms with E-state index in [1.165, 1.54) is 12.1 Å². The zero-order valence-electron chi connectivity index (χ0n) is 14.1. The highest BCUT2D eigenvalue weighted by molar-refractivity contribution is 5.95. The van der Waals surface area contributed by atoms with Gasteiger partial charge in [-0.3, -0.25) is 9.69 Å². The van der Waals surface area contributed by atoms with Crippen molar-refractivity contribution in [3.05, 3.63) is 66.0 Å². The summed E-state index contributed by atoms with van der Waals surface area (Å²) in [5.74, 6) is -0.142. The molecular formula is C20H23FN2O2. The van der Waals surface area contributed by atoms with Crippen LogP contribution in [0.25, 0.3) is 0 Å². The van der Waals surface area contributed by atoms with Crippen molar-refractivity contribution in [2.75, 3.05) is 25.0 Å². The maximum absolute atomic E-state index is 13.1. The smallest absolute Gasteiger partial charge is 0.246 e. The monoisotopic (exact) mass is 342 g/mol. The average molecular weight is 342 g/mol. The number of hydrogen-bond donors (Lipinski definition) is 2. The van der Waals surface area contributed by atoms with E-state index < -0.39 is 6.04 Å². The zero-order chi connectivity index (χ0) is 17.6. The number of benzene rings is 2. The standard InChI is InChI=1S/C20H23FN2O2/c21-17-6-8-18(9-7-17)22-20(25)19(16-4-2-1-3-5-16)23-12-10-15(14-24)11-13-23/h1-9,15,19,24H,10-14H2,(H,22,25). The Labute approximate surface area is 147 Å². The molecule has 1 heterocycles. The molecule has 1 atom stereocenters. The molecule has 0 bridgehead atoms. The van der Waals surface area contributed by atoms with E-state index in [0.717, 1.165) is 31.5 Å². The lowest BCUT2D eigenvalue weighted by atomic mass is 9.94. The summed E-state index contributed by atoms with van der Waals surface area (Å²) in [5, 5.41) is 12.2. The van der Waals surface area contributed by atoms with Crippen molar-refractivity contribution in [3.8, 4) is 0 Å². The Morgan fingerprint density at radius 3 is 2.36 bits per heavy atom. The Bertz CT molecular complexity index is 683. The van der Waals surface area contributed by atoms with Crippen LogP contribution in [-0.4, -0.2) is 35.6 Å². The zero-order valence-corrected chi connectivity index (χ0v) is 14.1. The molecule has 132 valence electrons. The molecule has 4 nitrogen and oxygen atoms in total. The highest BCUT2D eigenvalue weighted by Crippen LogP contribution is 2.28. The number of carbonyl (C=O) groups excluding carboxylic acids is 1. The van der Waals surface area contributed by atoms with Crippen molar-refractivity contribution in [1.82, 2.24) is 4.90 Å². The lowest BCUT2D eigenvalue weighted by Gasteiger charge is -2.36. The molecule has 1 aliphatic rings. The second-order valence-corrected chi connectivity index (χ2v) is 6.47. The number of piperidine rings is 1. The second kappa shape index (κ2) is 8.23. The third-order valence-corrected chi connectivity index (χ3v) is 4.75. The van der Waals surface area contributed by atoms with Gasteiger partial charge in [0.2, 0.25) is 5.91 Å². The minimum Gasteiger partial charge on any atom is -0.396 e. The Morgan fingerprint density at radius 1 is 1.12 bits per heavy atom. The first-order valence-corrected chi connectivity index (χ1v) is 8.63. The predicted octanol–water partition coefficient (Wildman–Crippen LogP) is 3.21. The molecule has 25 heavy (non-hydrogen) atoms. The Balaban J connectivity index is 1.78. The van der Waals surface area contributed by atoms with E-state index in [-0.39, 0.29) is 18.3 Å². The van der Waals surface area contributed by atoms with E-state index in [9.17, 15) is 14.3 Å². The van der Waals surface area contributed by atoms with Crippen LogP contribution in [0.2, 0.25) is 0 Å². The molecule has 2 aromatic carbocycles. The van der Waals surface area contributed by atoms with E-state index in [4.69, 9.17) is 0 Å². The van der Waals surface area contributed by atoms with Crippen LogP contribution in [0.5, 0.6) is 0 Å². The van der Waals surface area contributed by atoms with Gasteiger partial charge in [0.25, 0.3) is 0 Å². The number of likely N-dealkylation sites (tertiary alicyclic amines) is 1. The first-order valence-electron chi connectivity index (χ1n) is 8.63. The SMILES string of the molecule is O=C(Nc1ccc(F)cc1)C(c1ccccc1)N1CCC(CO)CC1. The number of amides is 1. The number of nitrogens with zero attached hydrogens (tertiary/aromatic N) is 1. The molecule has 3 rings (SSSR count). The Kier molecular flexibility index (Phi) is 5.79. The van der Waals surface area contributed by atoms with Gasteiger partial charge in [-0.2, -0.15) is 0 Å². The van der Waals surface area contributed by atoms with Gasteiger partial charge in [-0.05, 0) is 61.7 Å². The van der Waals surface area contributed by atoms with E-state index >= 15 is 0 Å². The fourth-order valence-corrected chi connectivity index (χ4v) is 3.30. The quantitative estimate of drug-likeness (QED) is 0.877. The fourth-order valence-electron chi connectivity index (χ4n) is 3.30. The van der Waals surface area contributed by atoms with E-state index in [0.29, 0.717) is 11.6 Å². The first-order chi connectivity index (χ1) is 12.2. The molecule has 1 aliphatic heterocycles. The average Bonchev–Trinajstić information content (AvgIpc) is 2.65. The summed E-state index contributed by atoms with van der Waals surface area (Å²) in [4.78, 5) is 15.1. The van der Waals surface area contributed by atoms with Crippen molar-refractivity contribution in [1.29, 1.82) is 0 Å². The number of halogens is 1. The van der Waals surface area contributed by atoms with Crippen LogP contribution in [0, 0.1) is 11.7 Å². The summed E-state index contributed by atoms with van der Waals surface area (Å²) in [5.41, 5.74) is 1.52. The van der Waals surface area contributed by atoms with Crippen molar-refractivity contribution in [2.24, 2.45) is 5.92 Å². The van der Waals surface area contributed by atoms with Crippen molar-refractivity contribution in [3.63, 3.8) is 0 Å². The molecule has 2 aromatic rings. The van der Waals surface area contributed by atoms with Gasteiger partial charge in [-0.1, -0.05) is 30.3 Å². The summed E-state index contributed by atoms with van der Waals surface area (Å²) in [6.45, 7) is 1.73. The number of rotatable bonds is 5. The lowest BCUT2D eigenvalue weighted by molar-refractivity contribution is -0.122. The maximum atomic E-state index is 13.1. The molecule has 1 saturated heterocycles. The molecule has 0 saturated carbocycles. The Hall–Kier alpha value is -2.24. The van der Waals surface area contributed by atoms with E-state index in [1.54, 1.807) is 12.1 Å². The number of aliphatic hydroxyl groups is 1. The molecule has 0 spiro atoms. The largest absolute Gasteiger partial charge is 0.396 e. The Morgan fingerprint density at radius 2 is 1.76 bits per heavy atom. The molecule has 0 aromatic heterocycles. The maximum Gasteiger partial charge on any atom is 0.246 e. The third-order valence-electron chi connectivity index (χ3n) is 4.75. The lowest BCUT2D eigenvalue weighted by Crippen LogP contribution is -2.42. The molecule has 0 aliphatic carbocycles. The van der Waals surface area contributed by atoms with Gasteiger partial charge >= 0.3 is 0 Å². The van der Waals surface area contributed by atoms with E-state index in [1.807, 2.05) is 30.3 Å². The number of hydrogen-bond acceptors (Lipinski definition) is 3. The van der Waals surface area contributed by atoms with Crippen molar-refractivity contribution in [2.45, 2.75) is 18.9 Å². The summed E-state index contributed by atoms with van der Waals surface area (Å²) in [7, 11) is 0. The summed E-state index contributed by atoms with van der Waals surface area (Å²) < 4.78 is 13.1. The van der Waals surface area contributed by atoms with Gasteiger partial charge in [-0.25, -0.2) is 4.39 Å². The molecule has 1 amide bonds. The van der Waals surface area contributed by atoms with Crippen LogP contribution in [0.15, 0.2) is 54.6 Å².